The zero-order valence-corrected chi connectivity index (χ0v) is 6.93. The Kier molecular flexibility index (Phi) is 5.85. The van der Waals surface area contributed by atoms with Gasteiger partial charge in [-0.15, -0.1) is 0 Å². The molecule has 0 radical (unpaired) electrons. The number of allylic oxidation sites excluding steroid dienone is 5. The SMILES string of the molecule is C=C(CC)C/C=C\C=C/C. The van der Waals surface area contributed by atoms with Gasteiger partial charge in [0, 0.05) is 0 Å². The van der Waals surface area contributed by atoms with Gasteiger partial charge in [-0.25, -0.2) is 0 Å². The summed E-state index contributed by atoms with van der Waals surface area (Å²) < 4.78 is 0. The summed E-state index contributed by atoms with van der Waals surface area (Å²) in [6, 6.07) is 0. The second kappa shape index (κ2) is 6.34. The highest BCUT2D eigenvalue weighted by Crippen LogP contribution is 2.02. The zero-order valence-electron chi connectivity index (χ0n) is 6.93. The van der Waals surface area contributed by atoms with Gasteiger partial charge in [-0.3, -0.25) is 0 Å². The van der Waals surface area contributed by atoms with Crippen LogP contribution in [0.2, 0.25) is 0 Å². The molecule has 0 atom stereocenters. The van der Waals surface area contributed by atoms with Crippen molar-refractivity contribution >= 4 is 0 Å². The summed E-state index contributed by atoms with van der Waals surface area (Å²) in [4.78, 5) is 0. The molecule has 0 N–H and O–H groups in total. The molecule has 0 aromatic heterocycles. The van der Waals surface area contributed by atoms with Gasteiger partial charge >= 0.3 is 0 Å². The maximum atomic E-state index is 3.90. The fourth-order valence-corrected chi connectivity index (χ4v) is 0.569. The summed E-state index contributed by atoms with van der Waals surface area (Å²) in [5.41, 5.74) is 1.29. The summed E-state index contributed by atoms with van der Waals surface area (Å²) in [6.07, 6.45) is 10.3. The summed E-state index contributed by atoms with van der Waals surface area (Å²) in [5, 5.41) is 0. The molecule has 0 aliphatic heterocycles. The molecular formula is C10H16. The molecule has 0 aromatic rings. The first-order valence-corrected chi connectivity index (χ1v) is 3.75. The van der Waals surface area contributed by atoms with Crippen LogP contribution in [0.5, 0.6) is 0 Å². The third kappa shape index (κ3) is 5.36. The Hall–Kier alpha value is -0.780. The molecule has 0 aliphatic rings. The molecule has 10 heavy (non-hydrogen) atoms. The molecule has 0 nitrogen and oxygen atoms in total. The third-order valence-corrected chi connectivity index (χ3v) is 1.35. The number of hydrogen-bond acceptors (Lipinski definition) is 0. The smallest absolute Gasteiger partial charge is 0.0138 e. The lowest BCUT2D eigenvalue weighted by Crippen LogP contribution is -1.72. The number of rotatable bonds is 4. The Morgan fingerprint density at radius 2 is 2.10 bits per heavy atom. The van der Waals surface area contributed by atoms with Crippen molar-refractivity contribution < 1.29 is 0 Å². The van der Waals surface area contributed by atoms with Crippen LogP contribution >= 0.6 is 0 Å². The average molecular weight is 136 g/mol. The first kappa shape index (κ1) is 9.22. The summed E-state index contributed by atoms with van der Waals surface area (Å²) >= 11 is 0. The lowest BCUT2D eigenvalue weighted by Gasteiger charge is -1.92. The fourth-order valence-electron chi connectivity index (χ4n) is 0.569. The molecule has 0 fully saturated rings. The molecule has 56 valence electrons. The minimum Gasteiger partial charge on any atom is -0.0996 e. The van der Waals surface area contributed by atoms with Crippen LogP contribution in [0.4, 0.5) is 0 Å². The quantitative estimate of drug-likeness (QED) is 0.410. The van der Waals surface area contributed by atoms with Crippen LogP contribution in [0, 0.1) is 0 Å². The zero-order chi connectivity index (χ0) is 7.82. The normalized spacial score (nSPS) is 11.4. The third-order valence-electron chi connectivity index (χ3n) is 1.35. The minimum atomic E-state index is 1.01. The molecule has 0 saturated carbocycles. The topological polar surface area (TPSA) is 0 Å². The molecule has 0 heterocycles. The maximum absolute atomic E-state index is 3.90. The van der Waals surface area contributed by atoms with Gasteiger partial charge in [0.15, 0.2) is 0 Å². The van der Waals surface area contributed by atoms with Crippen LogP contribution in [-0.4, -0.2) is 0 Å². The molecule has 0 amide bonds. The van der Waals surface area contributed by atoms with E-state index in [9.17, 15) is 0 Å². The van der Waals surface area contributed by atoms with Gasteiger partial charge < -0.3 is 0 Å². The van der Waals surface area contributed by atoms with E-state index in [0.29, 0.717) is 0 Å². The average Bonchev–Trinajstić information content (AvgIpc) is 1.98. The summed E-state index contributed by atoms with van der Waals surface area (Å²) in [6.45, 7) is 8.04. The summed E-state index contributed by atoms with van der Waals surface area (Å²) in [5.74, 6) is 0. The molecule has 0 saturated heterocycles. The Labute approximate surface area is 64.0 Å². The van der Waals surface area contributed by atoms with Crippen molar-refractivity contribution in [3.63, 3.8) is 0 Å². The Morgan fingerprint density at radius 3 is 2.60 bits per heavy atom. The van der Waals surface area contributed by atoms with Gasteiger partial charge in [0.05, 0.1) is 0 Å². The highest BCUT2D eigenvalue weighted by Gasteiger charge is 1.82. The van der Waals surface area contributed by atoms with E-state index < -0.39 is 0 Å². The van der Waals surface area contributed by atoms with Gasteiger partial charge in [-0.2, -0.15) is 0 Å². The predicted molar refractivity (Wildman–Crippen MR) is 48.0 cm³/mol. The maximum Gasteiger partial charge on any atom is -0.0138 e. The van der Waals surface area contributed by atoms with Crippen molar-refractivity contribution in [3.8, 4) is 0 Å². The van der Waals surface area contributed by atoms with E-state index in [1.54, 1.807) is 0 Å². The van der Waals surface area contributed by atoms with Crippen LogP contribution in [0.1, 0.15) is 26.7 Å². The Bertz CT molecular complexity index is 138. The second-order valence-corrected chi connectivity index (χ2v) is 2.26. The molecule has 0 unspecified atom stereocenters. The van der Waals surface area contributed by atoms with Crippen molar-refractivity contribution in [3.05, 3.63) is 36.5 Å². The summed E-state index contributed by atoms with van der Waals surface area (Å²) in [7, 11) is 0. The van der Waals surface area contributed by atoms with Crippen LogP contribution < -0.4 is 0 Å². The molecule has 0 aliphatic carbocycles. The van der Waals surface area contributed by atoms with Crippen LogP contribution in [0.15, 0.2) is 36.5 Å². The van der Waals surface area contributed by atoms with Gasteiger partial charge in [0.25, 0.3) is 0 Å². The first-order chi connectivity index (χ1) is 4.81. The van der Waals surface area contributed by atoms with Gasteiger partial charge in [-0.1, -0.05) is 43.4 Å². The van der Waals surface area contributed by atoms with Crippen LogP contribution in [-0.2, 0) is 0 Å². The van der Waals surface area contributed by atoms with Crippen molar-refractivity contribution in [2.75, 3.05) is 0 Å². The van der Waals surface area contributed by atoms with E-state index in [1.165, 1.54) is 5.57 Å². The highest BCUT2D eigenvalue weighted by atomic mass is 13.9. The Balaban J connectivity index is 3.43. The van der Waals surface area contributed by atoms with Gasteiger partial charge in [0.1, 0.15) is 0 Å². The van der Waals surface area contributed by atoms with E-state index in [-0.39, 0.29) is 0 Å². The minimum absolute atomic E-state index is 1.01. The van der Waals surface area contributed by atoms with E-state index in [0.717, 1.165) is 12.8 Å². The van der Waals surface area contributed by atoms with Gasteiger partial charge in [-0.05, 0) is 19.8 Å². The first-order valence-electron chi connectivity index (χ1n) is 3.75. The van der Waals surface area contributed by atoms with Crippen molar-refractivity contribution in [2.45, 2.75) is 26.7 Å². The van der Waals surface area contributed by atoms with Crippen LogP contribution in [0.25, 0.3) is 0 Å². The van der Waals surface area contributed by atoms with Crippen molar-refractivity contribution in [2.24, 2.45) is 0 Å². The van der Waals surface area contributed by atoms with Gasteiger partial charge in [0.2, 0.25) is 0 Å². The monoisotopic (exact) mass is 136 g/mol. The van der Waals surface area contributed by atoms with Crippen molar-refractivity contribution in [1.82, 2.24) is 0 Å². The predicted octanol–water partition coefficient (Wildman–Crippen LogP) is 3.48. The van der Waals surface area contributed by atoms with Crippen molar-refractivity contribution in [1.29, 1.82) is 0 Å². The van der Waals surface area contributed by atoms with E-state index >= 15 is 0 Å². The molecule has 0 heteroatoms. The molecule has 0 rings (SSSR count). The molecule has 0 bridgehead atoms. The lowest BCUT2D eigenvalue weighted by atomic mass is 10.1. The second-order valence-electron chi connectivity index (χ2n) is 2.26. The van der Waals surface area contributed by atoms with E-state index in [4.69, 9.17) is 0 Å². The molecule has 0 spiro atoms. The van der Waals surface area contributed by atoms with E-state index in [2.05, 4.69) is 25.7 Å². The standard InChI is InChI=1S/C10H16/c1-4-6-7-8-9-10(3)5-2/h4,6-8H,3,5,9H2,1-2H3/b6-4-,8-7-. The lowest BCUT2D eigenvalue weighted by molar-refractivity contribution is 1.04. The molecule has 0 aromatic carbocycles. The fraction of sp³-hybridized carbons (Fsp3) is 0.400. The number of hydrogen-bond donors (Lipinski definition) is 0. The Morgan fingerprint density at radius 1 is 1.40 bits per heavy atom. The van der Waals surface area contributed by atoms with Crippen LogP contribution in [0.3, 0.4) is 0 Å². The largest absolute Gasteiger partial charge is 0.0996 e. The highest BCUT2D eigenvalue weighted by molar-refractivity contribution is 5.07. The van der Waals surface area contributed by atoms with E-state index in [1.807, 2.05) is 19.1 Å². The molecular weight excluding hydrogens is 120 g/mol.